The first-order valence-corrected chi connectivity index (χ1v) is 13.9. The number of carbonyl (C=O) groups excluding carboxylic acids is 1. The number of halogens is 1. The number of ether oxygens (including phenoxy) is 1. The van der Waals surface area contributed by atoms with Crippen LogP contribution in [0.25, 0.3) is 11.4 Å². The molecule has 0 aliphatic heterocycles. The number of benzene rings is 1. The van der Waals surface area contributed by atoms with E-state index in [1.54, 1.807) is 18.5 Å². The van der Waals surface area contributed by atoms with Gasteiger partial charge in [0, 0.05) is 18.0 Å². The quantitative estimate of drug-likeness (QED) is 0.200. The van der Waals surface area contributed by atoms with Crippen LogP contribution in [0.2, 0.25) is 0 Å². The zero-order chi connectivity index (χ0) is 24.9. The molecule has 0 atom stereocenters. The fourth-order valence-corrected chi connectivity index (χ4v) is 5.00. The molecule has 1 aliphatic rings. The molecular formula is C30H43FN2O2. The van der Waals surface area contributed by atoms with Crippen LogP contribution in [0, 0.1) is 11.7 Å². The van der Waals surface area contributed by atoms with Gasteiger partial charge in [0.2, 0.25) is 0 Å². The van der Waals surface area contributed by atoms with Crippen LogP contribution in [0.5, 0.6) is 0 Å². The number of nitrogens with zero attached hydrogens (tertiary/aromatic N) is 2. The maximum Gasteiger partial charge on any atom is 0.341 e. The van der Waals surface area contributed by atoms with Crippen molar-refractivity contribution in [1.82, 2.24) is 9.97 Å². The Kier molecular flexibility index (Phi) is 11.7. The molecule has 1 aliphatic carbocycles. The Morgan fingerprint density at radius 2 is 1.57 bits per heavy atom. The van der Waals surface area contributed by atoms with Crippen molar-refractivity contribution in [3.8, 4) is 11.4 Å². The van der Waals surface area contributed by atoms with E-state index in [0.717, 1.165) is 50.0 Å². The first-order valence-electron chi connectivity index (χ1n) is 13.9. The van der Waals surface area contributed by atoms with Gasteiger partial charge < -0.3 is 4.74 Å². The first-order chi connectivity index (χ1) is 17.1. The molecule has 2 aromatic rings. The lowest BCUT2D eigenvalue weighted by Gasteiger charge is -2.28. The normalized spacial score (nSPS) is 17.9. The van der Waals surface area contributed by atoms with E-state index in [2.05, 4.69) is 23.8 Å². The van der Waals surface area contributed by atoms with Crippen LogP contribution in [-0.4, -0.2) is 22.0 Å². The van der Waals surface area contributed by atoms with Gasteiger partial charge in [0.1, 0.15) is 11.9 Å². The minimum atomic E-state index is -0.583. The summed E-state index contributed by atoms with van der Waals surface area (Å²) in [5.74, 6) is 0.0532. The second kappa shape index (κ2) is 15.0. The van der Waals surface area contributed by atoms with Gasteiger partial charge in [-0.15, -0.1) is 0 Å². The van der Waals surface area contributed by atoms with E-state index in [1.165, 1.54) is 69.9 Å². The zero-order valence-corrected chi connectivity index (χ0v) is 21.7. The van der Waals surface area contributed by atoms with Crippen molar-refractivity contribution in [3.63, 3.8) is 0 Å². The lowest BCUT2D eigenvalue weighted by atomic mass is 9.84. The van der Waals surface area contributed by atoms with Gasteiger partial charge in [0.25, 0.3) is 0 Å². The van der Waals surface area contributed by atoms with Crippen LogP contribution in [0.15, 0.2) is 30.6 Å². The monoisotopic (exact) mass is 482 g/mol. The van der Waals surface area contributed by atoms with Crippen molar-refractivity contribution in [3.05, 3.63) is 47.5 Å². The summed E-state index contributed by atoms with van der Waals surface area (Å²) in [5, 5.41) is 0. The average Bonchev–Trinajstić information content (AvgIpc) is 2.87. The summed E-state index contributed by atoms with van der Waals surface area (Å²) < 4.78 is 20.5. The van der Waals surface area contributed by atoms with Crippen molar-refractivity contribution in [1.29, 1.82) is 0 Å². The van der Waals surface area contributed by atoms with Crippen molar-refractivity contribution in [2.24, 2.45) is 5.92 Å². The molecule has 0 unspecified atom stereocenters. The number of hydrogen-bond donors (Lipinski definition) is 0. The van der Waals surface area contributed by atoms with E-state index in [0.29, 0.717) is 11.4 Å². The van der Waals surface area contributed by atoms with Crippen LogP contribution in [-0.2, 0) is 11.2 Å². The van der Waals surface area contributed by atoms with Gasteiger partial charge in [0.15, 0.2) is 5.82 Å². The lowest BCUT2D eigenvalue weighted by molar-refractivity contribution is 0.0156. The molecule has 3 rings (SSSR count). The summed E-state index contributed by atoms with van der Waals surface area (Å²) in [7, 11) is 0. The number of rotatable bonds is 14. The van der Waals surface area contributed by atoms with E-state index in [-0.39, 0.29) is 11.7 Å². The number of hydrogen-bond acceptors (Lipinski definition) is 4. The van der Waals surface area contributed by atoms with Crippen LogP contribution in [0.3, 0.4) is 0 Å². The Morgan fingerprint density at radius 3 is 2.26 bits per heavy atom. The predicted octanol–water partition coefficient (Wildman–Crippen LogP) is 8.48. The van der Waals surface area contributed by atoms with Gasteiger partial charge in [0.05, 0.1) is 5.56 Å². The molecule has 1 fully saturated rings. The molecule has 0 N–H and O–H groups in total. The summed E-state index contributed by atoms with van der Waals surface area (Å²) >= 11 is 0. The number of esters is 1. The maximum atomic E-state index is 14.8. The van der Waals surface area contributed by atoms with Gasteiger partial charge in [-0.05, 0) is 62.1 Å². The topological polar surface area (TPSA) is 52.1 Å². The molecule has 0 bridgehead atoms. The van der Waals surface area contributed by atoms with Gasteiger partial charge >= 0.3 is 5.97 Å². The van der Waals surface area contributed by atoms with E-state index in [1.807, 2.05) is 0 Å². The summed E-state index contributed by atoms with van der Waals surface area (Å²) in [6, 6.07) is 4.53. The fourth-order valence-electron chi connectivity index (χ4n) is 5.00. The van der Waals surface area contributed by atoms with Gasteiger partial charge in [-0.25, -0.2) is 19.2 Å². The molecule has 1 heterocycles. The molecule has 0 radical (unpaired) electrons. The molecular weight excluding hydrogens is 439 g/mol. The Labute approximate surface area is 211 Å². The van der Waals surface area contributed by atoms with Crippen LogP contribution in [0.4, 0.5) is 4.39 Å². The molecule has 1 saturated carbocycles. The largest absolute Gasteiger partial charge is 0.459 e. The molecule has 1 aromatic heterocycles. The summed E-state index contributed by atoms with van der Waals surface area (Å²) in [4.78, 5) is 21.4. The third-order valence-corrected chi connectivity index (χ3v) is 7.25. The molecule has 5 heteroatoms. The molecule has 192 valence electrons. The SMILES string of the molecule is CCCCCCCCC1CCC(OC(=O)c2ccc(-c3ncc(CCCCC)cn3)cc2F)CC1. The minimum Gasteiger partial charge on any atom is -0.459 e. The highest BCUT2D eigenvalue weighted by molar-refractivity contribution is 5.90. The highest BCUT2D eigenvalue weighted by Gasteiger charge is 2.25. The second-order valence-electron chi connectivity index (χ2n) is 10.2. The molecule has 35 heavy (non-hydrogen) atoms. The highest BCUT2D eigenvalue weighted by atomic mass is 19.1. The van der Waals surface area contributed by atoms with E-state index >= 15 is 0 Å². The second-order valence-corrected chi connectivity index (χ2v) is 10.2. The molecule has 1 aromatic carbocycles. The Morgan fingerprint density at radius 1 is 0.914 bits per heavy atom. The van der Waals surface area contributed by atoms with Crippen LogP contribution >= 0.6 is 0 Å². The van der Waals surface area contributed by atoms with Crippen LogP contribution < -0.4 is 0 Å². The Balaban J connectivity index is 1.44. The van der Waals surface area contributed by atoms with Gasteiger partial charge in [-0.1, -0.05) is 77.7 Å². The van der Waals surface area contributed by atoms with E-state index in [4.69, 9.17) is 4.74 Å². The third kappa shape index (κ3) is 9.01. The lowest BCUT2D eigenvalue weighted by Crippen LogP contribution is -2.25. The standard InChI is InChI=1S/C30H43FN2O2/c1-3-5-7-8-9-11-12-23-14-17-26(18-15-23)35-30(34)27-19-16-25(20-28(27)31)29-32-21-24(22-33-29)13-10-6-4-2/h16,19-23,26H,3-15,17-18H2,1-2H3. The Hall–Kier alpha value is -2.30. The summed E-state index contributed by atoms with van der Waals surface area (Å²) in [5.41, 5.74) is 1.64. The van der Waals surface area contributed by atoms with Gasteiger partial charge in [-0.2, -0.15) is 0 Å². The van der Waals surface area contributed by atoms with Crippen molar-refractivity contribution >= 4 is 5.97 Å². The first kappa shape index (κ1) is 27.3. The zero-order valence-electron chi connectivity index (χ0n) is 21.7. The molecule has 0 saturated heterocycles. The predicted molar refractivity (Wildman–Crippen MR) is 140 cm³/mol. The van der Waals surface area contributed by atoms with E-state index in [9.17, 15) is 9.18 Å². The van der Waals surface area contributed by atoms with Gasteiger partial charge in [-0.3, -0.25) is 0 Å². The average molecular weight is 483 g/mol. The number of unbranched alkanes of at least 4 members (excludes halogenated alkanes) is 7. The van der Waals surface area contributed by atoms with Crippen molar-refractivity contribution in [2.75, 3.05) is 0 Å². The minimum absolute atomic E-state index is 0.0147. The smallest absolute Gasteiger partial charge is 0.341 e. The molecule has 0 amide bonds. The van der Waals surface area contributed by atoms with Crippen molar-refractivity contribution < 1.29 is 13.9 Å². The third-order valence-electron chi connectivity index (χ3n) is 7.25. The van der Waals surface area contributed by atoms with Crippen LogP contribution in [0.1, 0.15) is 120 Å². The number of carbonyl (C=O) groups is 1. The number of aryl methyl sites for hydroxylation is 1. The molecule has 0 spiro atoms. The number of aromatic nitrogens is 2. The molecule has 4 nitrogen and oxygen atoms in total. The Bertz CT molecular complexity index is 892. The fraction of sp³-hybridized carbons (Fsp3) is 0.633. The maximum absolute atomic E-state index is 14.8. The highest BCUT2D eigenvalue weighted by Crippen LogP contribution is 2.31. The summed E-state index contributed by atoms with van der Waals surface area (Å²) in [6.45, 7) is 4.43. The van der Waals surface area contributed by atoms with E-state index < -0.39 is 11.8 Å². The summed E-state index contributed by atoms with van der Waals surface area (Å²) in [6.07, 6.45) is 21.2. The van der Waals surface area contributed by atoms with Crippen molar-refractivity contribution in [2.45, 2.75) is 116 Å².